The largest absolute Gasteiger partial charge is 0.332 e. The first kappa shape index (κ1) is 13.1. The van der Waals surface area contributed by atoms with Crippen LogP contribution in [0.2, 0.25) is 0 Å². The van der Waals surface area contributed by atoms with Gasteiger partial charge in [0.15, 0.2) is 5.13 Å². The zero-order valence-corrected chi connectivity index (χ0v) is 12.8. The molecule has 0 bridgehead atoms. The normalized spacial score (nSPS) is 11.2. The van der Waals surface area contributed by atoms with E-state index in [0.717, 1.165) is 16.3 Å². The maximum absolute atomic E-state index is 4.67. The molecule has 0 aliphatic carbocycles. The van der Waals surface area contributed by atoms with E-state index in [-0.39, 0.29) is 0 Å². The summed E-state index contributed by atoms with van der Waals surface area (Å²) >= 11 is 1.69. The molecule has 0 saturated carbocycles. The Kier molecular flexibility index (Phi) is 3.45. The molecule has 0 fully saturated rings. The summed E-state index contributed by atoms with van der Waals surface area (Å²) < 4.78 is 1.23. The first-order valence-electron chi connectivity index (χ1n) is 6.86. The fourth-order valence-electron chi connectivity index (χ4n) is 2.21. The van der Waals surface area contributed by atoms with Gasteiger partial charge in [-0.3, -0.25) is 0 Å². The van der Waals surface area contributed by atoms with Crippen LogP contribution in [0, 0.1) is 6.92 Å². The van der Waals surface area contributed by atoms with Crippen LogP contribution in [0.1, 0.15) is 30.9 Å². The highest BCUT2D eigenvalue weighted by molar-refractivity contribution is 7.22. The molecular weight excluding hydrogens is 264 g/mol. The third-order valence-corrected chi connectivity index (χ3v) is 4.39. The van der Waals surface area contributed by atoms with Gasteiger partial charge in [-0.1, -0.05) is 49.4 Å². The van der Waals surface area contributed by atoms with E-state index in [4.69, 9.17) is 0 Å². The van der Waals surface area contributed by atoms with Gasteiger partial charge in [-0.2, -0.15) is 0 Å². The molecule has 0 unspecified atom stereocenters. The van der Waals surface area contributed by atoms with Gasteiger partial charge in [-0.25, -0.2) is 4.98 Å². The van der Waals surface area contributed by atoms with E-state index in [0.29, 0.717) is 5.92 Å². The van der Waals surface area contributed by atoms with E-state index < -0.39 is 0 Å². The van der Waals surface area contributed by atoms with Gasteiger partial charge in [-0.05, 0) is 42.2 Å². The van der Waals surface area contributed by atoms with Crippen LogP contribution in [0.25, 0.3) is 10.2 Å². The summed E-state index contributed by atoms with van der Waals surface area (Å²) in [5.74, 6) is 0.564. The van der Waals surface area contributed by atoms with E-state index in [2.05, 4.69) is 73.5 Å². The van der Waals surface area contributed by atoms with Crippen molar-refractivity contribution in [2.24, 2.45) is 0 Å². The summed E-state index contributed by atoms with van der Waals surface area (Å²) in [4.78, 5) is 4.67. The number of hydrogen-bond acceptors (Lipinski definition) is 3. The Morgan fingerprint density at radius 2 is 1.80 bits per heavy atom. The molecule has 20 heavy (non-hydrogen) atoms. The quantitative estimate of drug-likeness (QED) is 0.688. The van der Waals surface area contributed by atoms with Crippen molar-refractivity contribution >= 4 is 32.4 Å². The number of benzene rings is 2. The number of nitrogens with one attached hydrogen (secondary N) is 1. The fraction of sp³-hybridized carbons (Fsp3) is 0.235. The third-order valence-electron chi connectivity index (χ3n) is 3.45. The lowest BCUT2D eigenvalue weighted by Gasteiger charge is -2.07. The summed E-state index contributed by atoms with van der Waals surface area (Å²) in [7, 11) is 0. The third kappa shape index (κ3) is 2.54. The van der Waals surface area contributed by atoms with Gasteiger partial charge in [0, 0.05) is 5.69 Å². The van der Waals surface area contributed by atoms with Crippen molar-refractivity contribution in [3.63, 3.8) is 0 Å². The van der Waals surface area contributed by atoms with E-state index in [1.165, 1.54) is 15.8 Å². The number of thiazole rings is 1. The summed E-state index contributed by atoms with van der Waals surface area (Å²) in [6, 6.07) is 14.9. The van der Waals surface area contributed by atoms with Crippen molar-refractivity contribution in [1.82, 2.24) is 4.98 Å². The Labute approximate surface area is 123 Å². The molecule has 3 aromatic rings. The Morgan fingerprint density at radius 1 is 1.05 bits per heavy atom. The lowest BCUT2D eigenvalue weighted by Crippen LogP contribution is -1.91. The van der Waals surface area contributed by atoms with Crippen LogP contribution in [0.4, 0.5) is 10.8 Å². The fourth-order valence-corrected chi connectivity index (χ4v) is 3.18. The number of aryl methyl sites for hydroxylation is 1. The van der Waals surface area contributed by atoms with Gasteiger partial charge in [0.25, 0.3) is 0 Å². The minimum Gasteiger partial charge on any atom is -0.332 e. The van der Waals surface area contributed by atoms with Gasteiger partial charge >= 0.3 is 0 Å². The molecule has 3 rings (SSSR count). The minimum atomic E-state index is 0.564. The average molecular weight is 282 g/mol. The van der Waals surface area contributed by atoms with Crippen LogP contribution in [-0.4, -0.2) is 4.98 Å². The van der Waals surface area contributed by atoms with Crippen molar-refractivity contribution in [3.05, 3.63) is 53.6 Å². The van der Waals surface area contributed by atoms with Crippen LogP contribution in [0.3, 0.4) is 0 Å². The number of anilines is 2. The van der Waals surface area contributed by atoms with E-state index in [9.17, 15) is 0 Å². The van der Waals surface area contributed by atoms with Crippen LogP contribution in [0.5, 0.6) is 0 Å². The first-order valence-corrected chi connectivity index (χ1v) is 7.68. The van der Waals surface area contributed by atoms with Crippen LogP contribution < -0.4 is 5.32 Å². The van der Waals surface area contributed by atoms with Crippen molar-refractivity contribution in [1.29, 1.82) is 0 Å². The molecule has 1 aromatic heterocycles. The zero-order chi connectivity index (χ0) is 14.1. The number of hydrogen-bond donors (Lipinski definition) is 1. The first-order chi connectivity index (χ1) is 9.63. The smallest absolute Gasteiger partial charge is 0.188 e. The second-order valence-corrected chi connectivity index (χ2v) is 6.37. The van der Waals surface area contributed by atoms with Gasteiger partial charge < -0.3 is 5.32 Å². The van der Waals surface area contributed by atoms with E-state index >= 15 is 0 Å². The Hall–Kier alpha value is -1.87. The molecular formula is C17H18N2S. The van der Waals surface area contributed by atoms with Gasteiger partial charge in [0.2, 0.25) is 0 Å². The molecule has 1 heterocycles. The number of rotatable bonds is 3. The summed E-state index contributed by atoms with van der Waals surface area (Å²) in [5.41, 5.74) is 4.77. The molecule has 0 amide bonds. The predicted molar refractivity (Wildman–Crippen MR) is 88.2 cm³/mol. The number of aromatic nitrogens is 1. The highest BCUT2D eigenvalue weighted by atomic mass is 32.1. The molecule has 2 nitrogen and oxygen atoms in total. The van der Waals surface area contributed by atoms with Crippen LogP contribution in [0.15, 0.2) is 42.5 Å². The molecule has 0 atom stereocenters. The standard InChI is InChI=1S/C17H18N2S/c1-11(2)13-7-9-14(10-8-13)18-17-19-16-12(3)5-4-6-15(16)20-17/h4-11H,1-3H3,(H,18,19). The Balaban J connectivity index is 1.87. The van der Waals surface area contributed by atoms with Crippen LogP contribution >= 0.6 is 11.3 Å². The monoisotopic (exact) mass is 282 g/mol. The lowest BCUT2D eigenvalue weighted by molar-refractivity contribution is 0.867. The molecule has 2 aromatic carbocycles. The highest BCUT2D eigenvalue weighted by Gasteiger charge is 2.06. The average Bonchev–Trinajstić information content (AvgIpc) is 2.83. The second kappa shape index (κ2) is 5.25. The second-order valence-electron chi connectivity index (χ2n) is 5.34. The van der Waals surface area contributed by atoms with Crippen molar-refractivity contribution < 1.29 is 0 Å². The van der Waals surface area contributed by atoms with Crippen LogP contribution in [-0.2, 0) is 0 Å². The van der Waals surface area contributed by atoms with Crippen molar-refractivity contribution in [2.75, 3.05) is 5.32 Å². The zero-order valence-electron chi connectivity index (χ0n) is 12.0. The van der Waals surface area contributed by atoms with Gasteiger partial charge in [0.05, 0.1) is 10.2 Å². The summed E-state index contributed by atoms with van der Waals surface area (Å²) in [6.07, 6.45) is 0. The molecule has 0 saturated heterocycles. The topological polar surface area (TPSA) is 24.9 Å². The maximum Gasteiger partial charge on any atom is 0.188 e. The van der Waals surface area contributed by atoms with E-state index in [1.807, 2.05) is 0 Å². The predicted octanol–water partition coefficient (Wildman–Crippen LogP) is 5.47. The number of para-hydroxylation sites is 1. The summed E-state index contributed by atoms with van der Waals surface area (Å²) in [5, 5.41) is 4.34. The number of fused-ring (bicyclic) bond motifs is 1. The van der Waals surface area contributed by atoms with Crippen molar-refractivity contribution in [3.8, 4) is 0 Å². The van der Waals surface area contributed by atoms with E-state index in [1.54, 1.807) is 11.3 Å². The lowest BCUT2D eigenvalue weighted by atomic mass is 10.0. The molecule has 102 valence electrons. The molecule has 0 spiro atoms. The minimum absolute atomic E-state index is 0.564. The summed E-state index contributed by atoms with van der Waals surface area (Å²) in [6.45, 7) is 6.51. The molecule has 3 heteroatoms. The molecule has 0 aliphatic rings. The number of nitrogens with zero attached hydrogens (tertiary/aromatic N) is 1. The molecule has 0 radical (unpaired) electrons. The maximum atomic E-state index is 4.67. The molecule has 0 aliphatic heterocycles. The van der Waals surface area contributed by atoms with Gasteiger partial charge in [-0.15, -0.1) is 0 Å². The molecule has 1 N–H and O–H groups in total. The Bertz CT molecular complexity index is 726. The Morgan fingerprint density at radius 3 is 2.45 bits per heavy atom. The van der Waals surface area contributed by atoms with Crippen molar-refractivity contribution in [2.45, 2.75) is 26.7 Å². The SMILES string of the molecule is Cc1cccc2sc(Nc3ccc(C(C)C)cc3)nc12. The highest BCUT2D eigenvalue weighted by Crippen LogP contribution is 2.30. The van der Waals surface area contributed by atoms with Gasteiger partial charge in [0.1, 0.15) is 0 Å².